The first-order valence-electron chi connectivity index (χ1n) is 10.0. The number of hydrogen-bond acceptors (Lipinski definition) is 4. The highest BCUT2D eigenvalue weighted by atomic mass is 32.2. The number of piperidine rings is 1. The van der Waals surface area contributed by atoms with Gasteiger partial charge in [-0.1, -0.05) is 18.6 Å². The van der Waals surface area contributed by atoms with Crippen molar-refractivity contribution in [1.82, 2.24) is 4.31 Å². The van der Waals surface area contributed by atoms with Crippen molar-refractivity contribution >= 4 is 27.3 Å². The van der Waals surface area contributed by atoms with Crippen molar-refractivity contribution in [3.63, 3.8) is 0 Å². The monoisotopic (exact) mass is 415 g/mol. The van der Waals surface area contributed by atoms with E-state index in [1.165, 1.54) is 10.4 Å². The molecule has 1 heterocycles. The summed E-state index contributed by atoms with van der Waals surface area (Å²) in [4.78, 5) is 12.8. The molecule has 0 bridgehead atoms. The number of aryl methyl sites for hydroxylation is 2. The lowest BCUT2D eigenvalue weighted by Gasteiger charge is -2.26. The lowest BCUT2D eigenvalue weighted by Crippen LogP contribution is -2.35. The molecule has 6 nitrogen and oxygen atoms in total. The molecule has 2 aromatic rings. The number of carbonyl (C=O) groups excluding carboxylic acids is 1. The highest BCUT2D eigenvalue weighted by Crippen LogP contribution is 2.23. The van der Waals surface area contributed by atoms with Gasteiger partial charge in [0, 0.05) is 24.5 Å². The van der Waals surface area contributed by atoms with Gasteiger partial charge in [-0.3, -0.25) is 4.79 Å². The Morgan fingerprint density at radius 1 is 0.966 bits per heavy atom. The van der Waals surface area contributed by atoms with E-state index in [4.69, 9.17) is 0 Å². The molecule has 0 spiro atoms. The summed E-state index contributed by atoms with van der Waals surface area (Å²) in [5, 5.41) is 6.02. The maximum atomic E-state index is 12.9. The number of rotatable bonds is 6. The van der Waals surface area contributed by atoms with Crippen molar-refractivity contribution in [3.05, 3.63) is 53.6 Å². The second kappa shape index (κ2) is 8.97. The average molecular weight is 416 g/mol. The van der Waals surface area contributed by atoms with Crippen LogP contribution in [-0.4, -0.2) is 37.8 Å². The number of benzene rings is 2. The minimum absolute atomic E-state index is 0.215. The number of sulfonamides is 1. The Labute approximate surface area is 173 Å². The molecule has 1 aliphatic heterocycles. The summed E-state index contributed by atoms with van der Waals surface area (Å²) in [6.07, 6.45) is 2.84. The van der Waals surface area contributed by atoms with Crippen LogP contribution in [0.1, 0.15) is 37.3 Å². The van der Waals surface area contributed by atoms with E-state index in [1.807, 2.05) is 26.0 Å². The van der Waals surface area contributed by atoms with Crippen LogP contribution in [0.15, 0.2) is 47.4 Å². The maximum absolute atomic E-state index is 12.9. The first kappa shape index (κ1) is 21.3. The molecule has 1 aliphatic rings. The zero-order valence-electron chi connectivity index (χ0n) is 17.2. The van der Waals surface area contributed by atoms with E-state index < -0.39 is 16.1 Å². The normalized spacial score (nSPS) is 16.2. The molecule has 3 rings (SSSR count). The molecule has 2 N–H and O–H groups in total. The van der Waals surface area contributed by atoms with Crippen LogP contribution in [0.2, 0.25) is 0 Å². The molecule has 1 amide bonds. The summed E-state index contributed by atoms with van der Waals surface area (Å²) >= 11 is 0. The molecule has 2 aromatic carbocycles. The number of amides is 1. The van der Waals surface area contributed by atoms with Crippen LogP contribution in [0.3, 0.4) is 0 Å². The zero-order chi connectivity index (χ0) is 21.0. The minimum Gasteiger partial charge on any atom is -0.374 e. The standard InChI is InChI=1S/C22H29N3O3S/c1-16-12-17(2)14-20(13-16)23-18(3)22(26)24-19-8-7-9-21(15-19)29(27,28)25-10-5-4-6-11-25/h7-9,12-15,18,23H,4-6,10-11H2,1-3H3,(H,24,26)/t18-/m0/s1. The number of nitrogens with zero attached hydrogens (tertiary/aromatic N) is 1. The van der Waals surface area contributed by atoms with Crippen molar-refractivity contribution in [2.24, 2.45) is 0 Å². The molecule has 0 aromatic heterocycles. The fourth-order valence-electron chi connectivity index (χ4n) is 3.61. The maximum Gasteiger partial charge on any atom is 0.246 e. The zero-order valence-corrected chi connectivity index (χ0v) is 18.1. The Morgan fingerprint density at radius 2 is 1.62 bits per heavy atom. The van der Waals surface area contributed by atoms with Crippen LogP contribution in [0.25, 0.3) is 0 Å². The van der Waals surface area contributed by atoms with Crippen LogP contribution in [0.5, 0.6) is 0 Å². The van der Waals surface area contributed by atoms with Gasteiger partial charge in [0.05, 0.1) is 4.90 Å². The van der Waals surface area contributed by atoms with Gasteiger partial charge in [0.1, 0.15) is 6.04 Å². The molecule has 0 aliphatic carbocycles. The summed E-state index contributed by atoms with van der Waals surface area (Å²) in [5.41, 5.74) is 3.60. The molecular weight excluding hydrogens is 386 g/mol. The van der Waals surface area contributed by atoms with E-state index in [9.17, 15) is 13.2 Å². The predicted molar refractivity (Wildman–Crippen MR) is 117 cm³/mol. The Morgan fingerprint density at radius 3 is 2.28 bits per heavy atom. The van der Waals surface area contributed by atoms with Crippen molar-refractivity contribution in [2.45, 2.75) is 51.0 Å². The van der Waals surface area contributed by atoms with Crippen LogP contribution < -0.4 is 10.6 Å². The van der Waals surface area contributed by atoms with Crippen LogP contribution >= 0.6 is 0 Å². The lowest BCUT2D eigenvalue weighted by molar-refractivity contribution is -0.116. The lowest BCUT2D eigenvalue weighted by atomic mass is 10.1. The molecule has 1 saturated heterocycles. The Hall–Kier alpha value is -2.38. The molecule has 156 valence electrons. The Bertz CT molecular complexity index is 962. The number of nitrogens with one attached hydrogen (secondary N) is 2. The van der Waals surface area contributed by atoms with Crippen molar-refractivity contribution in [3.8, 4) is 0 Å². The van der Waals surface area contributed by atoms with E-state index in [0.717, 1.165) is 36.1 Å². The number of anilines is 2. The summed E-state index contributed by atoms with van der Waals surface area (Å²) in [5.74, 6) is -0.225. The van der Waals surface area contributed by atoms with Gasteiger partial charge < -0.3 is 10.6 Å². The molecule has 0 radical (unpaired) electrons. The summed E-state index contributed by atoms with van der Waals surface area (Å²) in [6, 6.07) is 12.1. The van der Waals surface area contributed by atoms with Gasteiger partial charge in [0.25, 0.3) is 0 Å². The fraction of sp³-hybridized carbons (Fsp3) is 0.409. The van der Waals surface area contributed by atoms with Crippen molar-refractivity contribution < 1.29 is 13.2 Å². The van der Waals surface area contributed by atoms with Gasteiger partial charge in [0.2, 0.25) is 15.9 Å². The van der Waals surface area contributed by atoms with Crippen LogP contribution in [0, 0.1) is 13.8 Å². The molecule has 1 fully saturated rings. The molecule has 29 heavy (non-hydrogen) atoms. The van der Waals surface area contributed by atoms with Crippen molar-refractivity contribution in [1.29, 1.82) is 0 Å². The van der Waals surface area contributed by atoms with E-state index >= 15 is 0 Å². The molecule has 0 unspecified atom stereocenters. The molecule has 7 heteroatoms. The van der Waals surface area contributed by atoms with Gasteiger partial charge in [-0.05, 0) is 75.1 Å². The predicted octanol–water partition coefficient (Wildman–Crippen LogP) is 3.92. The third kappa shape index (κ3) is 5.36. The van der Waals surface area contributed by atoms with Crippen molar-refractivity contribution in [2.75, 3.05) is 23.7 Å². The van der Waals surface area contributed by atoms with Crippen LogP contribution in [-0.2, 0) is 14.8 Å². The Kier molecular flexibility index (Phi) is 6.59. The summed E-state index contributed by atoms with van der Waals surface area (Å²) in [7, 11) is -3.53. The van der Waals surface area contributed by atoms with Gasteiger partial charge in [-0.25, -0.2) is 8.42 Å². The summed E-state index contributed by atoms with van der Waals surface area (Å²) < 4.78 is 27.3. The van der Waals surface area contributed by atoms with Gasteiger partial charge in [-0.2, -0.15) is 4.31 Å². The van der Waals surface area contributed by atoms with Gasteiger partial charge in [-0.15, -0.1) is 0 Å². The van der Waals surface area contributed by atoms with E-state index in [-0.39, 0.29) is 10.8 Å². The highest BCUT2D eigenvalue weighted by Gasteiger charge is 2.26. The smallest absolute Gasteiger partial charge is 0.246 e. The Balaban J connectivity index is 1.69. The SMILES string of the molecule is Cc1cc(C)cc(N[C@@H](C)C(=O)Nc2cccc(S(=O)(=O)N3CCCCC3)c2)c1. The second-order valence-corrected chi connectivity index (χ2v) is 9.66. The summed E-state index contributed by atoms with van der Waals surface area (Å²) in [6.45, 7) is 6.90. The number of hydrogen-bond donors (Lipinski definition) is 2. The second-order valence-electron chi connectivity index (χ2n) is 7.72. The quantitative estimate of drug-likeness (QED) is 0.750. The molecular formula is C22H29N3O3S. The molecule has 1 atom stereocenters. The van der Waals surface area contributed by atoms with E-state index in [2.05, 4.69) is 16.7 Å². The average Bonchev–Trinajstić information content (AvgIpc) is 2.68. The first-order chi connectivity index (χ1) is 13.8. The third-order valence-electron chi connectivity index (χ3n) is 5.05. The minimum atomic E-state index is -3.53. The van der Waals surface area contributed by atoms with Gasteiger partial charge in [0.15, 0.2) is 0 Å². The van der Waals surface area contributed by atoms with E-state index in [0.29, 0.717) is 18.8 Å². The van der Waals surface area contributed by atoms with Gasteiger partial charge >= 0.3 is 0 Å². The first-order valence-corrected chi connectivity index (χ1v) is 11.5. The fourth-order valence-corrected chi connectivity index (χ4v) is 5.18. The molecule has 0 saturated carbocycles. The van der Waals surface area contributed by atoms with E-state index in [1.54, 1.807) is 25.1 Å². The highest BCUT2D eigenvalue weighted by molar-refractivity contribution is 7.89. The van der Waals surface area contributed by atoms with Crippen LogP contribution in [0.4, 0.5) is 11.4 Å². The largest absolute Gasteiger partial charge is 0.374 e. The number of carbonyl (C=O) groups is 1. The topological polar surface area (TPSA) is 78.5 Å². The third-order valence-corrected chi connectivity index (χ3v) is 6.95.